The summed E-state index contributed by atoms with van der Waals surface area (Å²) < 4.78 is 23.9. The van der Waals surface area contributed by atoms with E-state index in [1.165, 1.54) is 12.1 Å². The minimum atomic E-state index is -0.470. The molecule has 1 N–H and O–H groups in total. The van der Waals surface area contributed by atoms with E-state index in [0.29, 0.717) is 22.8 Å². The number of nitrogens with zero attached hydrogens (tertiary/aromatic N) is 1. The van der Waals surface area contributed by atoms with Crippen molar-refractivity contribution < 1.29 is 18.4 Å². The molecule has 0 saturated carbocycles. The van der Waals surface area contributed by atoms with Crippen molar-refractivity contribution in [1.82, 2.24) is 5.16 Å². The summed E-state index contributed by atoms with van der Waals surface area (Å²) in [4.78, 5) is 12.4. The third kappa shape index (κ3) is 4.03. The number of halogens is 2. The number of hydrogen-bond donors (Lipinski definition) is 1. The molecule has 3 rings (SSSR count). The molecule has 1 heterocycles. The van der Waals surface area contributed by atoms with Crippen LogP contribution in [0.1, 0.15) is 27.4 Å². The van der Waals surface area contributed by atoms with Crippen LogP contribution in [-0.4, -0.2) is 11.1 Å². The fourth-order valence-corrected chi connectivity index (χ4v) is 2.59. The van der Waals surface area contributed by atoms with E-state index in [-0.39, 0.29) is 17.5 Å². The van der Waals surface area contributed by atoms with Crippen LogP contribution in [0.25, 0.3) is 0 Å². The average molecular weight is 375 g/mol. The molecule has 1 amide bonds. The molecule has 0 aliphatic heterocycles. The molecule has 0 fully saturated rings. The van der Waals surface area contributed by atoms with Crippen LogP contribution in [0.5, 0.6) is 5.75 Å². The van der Waals surface area contributed by atoms with Gasteiger partial charge < -0.3 is 14.6 Å². The highest BCUT2D eigenvalue weighted by Gasteiger charge is 2.12. The summed E-state index contributed by atoms with van der Waals surface area (Å²) in [6, 6.07) is 10.5. The number of rotatable bonds is 5. The van der Waals surface area contributed by atoms with Gasteiger partial charge in [-0.3, -0.25) is 4.79 Å². The number of carbonyl (C=O) groups is 1. The van der Waals surface area contributed by atoms with Gasteiger partial charge in [0, 0.05) is 5.56 Å². The number of ether oxygens (including phenoxy) is 1. The fourth-order valence-electron chi connectivity index (χ4n) is 2.38. The molecule has 1 aromatic heterocycles. The normalized spacial score (nSPS) is 10.6. The Balaban J connectivity index is 1.71. The molecule has 0 aliphatic rings. The third-order valence-corrected chi connectivity index (χ3v) is 4.15. The topological polar surface area (TPSA) is 64.4 Å². The van der Waals surface area contributed by atoms with Gasteiger partial charge in [0.1, 0.15) is 23.9 Å². The maximum absolute atomic E-state index is 13.1. The number of carbonyl (C=O) groups excluding carboxylic acids is 1. The van der Waals surface area contributed by atoms with Crippen molar-refractivity contribution in [3.05, 3.63) is 75.9 Å². The molecule has 26 heavy (non-hydrogen) atoms. The van der Waals surface area contributed by atoms with Crippen molar-refractivity contribution in [3.63, 3.8) is 0 Å². The van der Waals surface area contributed by atoms with E-state index in [1.54, 1.807) is 24.3 Å². The SMILES string of the molecule is Cc1noc(C)c1COc1cccc(C(=O)Nc2ccc(F)cc2Cl)c1. The Morgan fingerprint density at radius 1 is 1.27 bits per heavy atom. The van der Waals surface area contributed by atoms with E-state index in [1.807, 2.05) is 13.8 Å². The van der Waals surface area contributed by atoms with Gasteiger partial charge in [0.2, 0.25) is 0 Å². The molecule has 0 radical (unpaired) electrons. The fraction of sp³-hybridized carbons (Fsp3) is 0.158. The van der Waals surface area contributed by atoms with Gasteiger partial charge in [-0.05, 0) is 50.2 Å². The molecule has 0 spiro atoms. The number of anilines is 1. The Hall–Kier alpha value is -2.86. The van der Waals surface area contributed by atoms with Crippen LogP contribution in [0.2, 0.25) is 5.02 Å². The third-order valence-electron chi connectivity index (χ3n) is 3.84. The van der Waals surface area contributed by atoms with Crippen LogP contribution < -0.4 is 10.1 Å². The van der Waals surface area contributed by atoms with Crippen molar-refractivity contribution in [3.8, 4) is 5.75 Å². The number of nitrogens with one attached hydrogen (secondary N) is 1. The number of aromatic nitrogens is 1. The Bertz CT molecular complexity index is 936. The van der Waals surface area contributed by atoms with Gasteiger partial charge in [0.25, 0.3) is 5.91 Å². The van der Waals surface area contributed by atoms with Gasteiger partial charge in [0.05, 0.1) is 22.0 Å². The molecule has 0 atom stereocenters. The second-order valence-corrected chi connectivity index (χ2v) is 6.10. The number of benzene rings is 2. The maximum atomic E-state index is 13.1. The average Bonchev–Trinajstić information content (AvgIpc) is 2.94. The molecule has 7 heteroatoms. The molecule has 0 bridgehead atoms. The summed E-state index contributed by atoms with van der Waals surface area (Å²) in [5, 5.41) is 6.66. The van der Waals surface area contributed by atoms with Crippen LogP contribution in [-0.2, 0) is 6.61 Å². The van der Waals surface area contributed by atoms with Gasteiger partial charge in [0.15, 0.2) is 0 Å². The summed E-state index contributed by atoms with van der Waals surface area (Å²) >= 11 is 5.93. The molecule has 134 valence electrons. The number of hydrogen-bond acceptors (Lipinski definition) is 4. The van der Waals surface area contributed by atoms with E-state index in [2.05, 4.69) is 10.5 Å². The van der Waals surface area contributed by atoms with Crippen molar-refractivity contribution in [2.45, 2.75) is 20.5 Å². The molecular weight excluding hydrogens is 359 g/mol. The largest absolute Gasteiger partial charge is 0.489 e. The van der Waals surface area contributed by atoms with Crippen LogP contribution in [0, 0.1) is 19.7 Å². The first-order chi connectivity index (χ1) is 12.4. The summed E-state index contributed by atoms with van der Waals surface area (Å²) in [7, 11) is 0. The van der Waals surface area contributed by atoms with Crippen molar-refractivity contribution in [2.75, 3.05) is 5.32 Å². The lowest BCUT2D eigenvalue weighted by Crippen LogP contribution is -2.12. The Labute approximate surface area is 154 Å². The first-order valence-corrected chi connectivity index (χ1v) is 8.23. The van der Waals surface area contributed by atoms with E-state index in [0.717, 1.165) is 17.3 Å². The monoisotopic (exact) mass is 374 g/mol. The molecular formula is C19H16ClFN2O3. The predicted molar refractivity (Wildman–Crippen MR) is 96.1 cm³/mol. The zero-order valence-electron chi connectivity index (χ0n) is 14.2. The van der Waals surface area contributed by atoms with Gasteiger partial charge in [-0.25, -0.2) is 4.39 Å². The van der Waals surface area contributed by atoms with E-state index >= 15 is 0 Å². The Morgan fingerprint density at radius 3 is 2.77 bits per heavy atom. The second-order valence-electron chi connectivity index (χ2n) is 5.70. The summed E-state index contributed by atoms with van der Waals surface area (Å²) in [6.45, 7) is 3.94. The van der Waals surface area contributed by atoms with Gasteiger partial charge in [-0.2, -0.15) is 0 Å². The Morgan fingerprint density at radius 2 is 2.08 bits per heavy atom. The highest BCUT2D eigenvalue weighted by molar-refractivity contribution is 6.33. The lowest BCUT2D eigenvalue weighted by molar-refractivity contribution is 0.102. The maximum Gasteiger partial charge on any atom is 0.255 e. The number of aryl methyl sites for hydroxylation is 2. The Kier molecular flexibility index (Phi) is 5.23. The predicted octanol–water partition coefficient (Wildman–Crippen LogP) is 4.92. The molecule has 0 unspecified atom stereocenters. The first-order valence-electron chi connectivity index (χ1n) is 7.85. The van der Waals surface area contributed by atoms with Crippen LogP contribution >= 0.6 is 11.6 Å². The van der Waals surface area contributed by atoms with Crippen molar-refractivity contribution in [1.29, 1.82) is 0 Å². The van der Waals surface area contributed by atoms with Crippen LogP contribution in [0.3, 0.4) is 0 Å². The summed E-state index contributed by atoms with van der Waals surface area (Å²) in [5.41, 5.74) is 2.36. The van der Waals surface area contributed by atoms with Gasteiger partial charge in [-0.1, -0.05) is 22.8 Å². The quantitative estimate of drug-likeness (QED) is 0.688. The van der Waals surface area contributed by atoms with Crippen LogP contribution in [0.4, 0.5) is 10.1 Å². The van der Waals surface area contributed by atoms with Gasteiger partial charge >= 0.3 is 0 Å². The molecule has 2 aromatic carbocycles. The van der Waals surface area contributed by atoms with E-state index < -0.39 is 5.82 Å². The summed E-state index contributed by atoms with van der Waals surface area (Å²) in [6.07, 6.45) is 0. The molecule has 3 aromatic rings. The summed E-state index contributed by atoms with van der Waals surface area (Å²) in [5.74, 6) is 0.384. The highest BCUT2D eigenvalue weighted by Crippen LogP contribution is 2.24. The van der Waals surface area contributed by atoms with Crippen LogP contribution in [0.15, 0.2) is 47.0 Å². The van der Waals surface area contributed by atoms with Crippen molar-refractivity contribution >= 4 is 23.2 Å². The standard InChI is InChI=1S/C19H16ClFN2O3/c1-11-16(12(2)26-23-11)10-25-15-5-3-4-13(8-15)19(24)22-18-7-6-14(21)9-17(18)20/h3-9H,10H2,1-2H3,(H,22,24). The van der Waals surface area contributed by atoms with E-state index in [4.69, 9.17) is 20.9 Å². The zero-order valence-corrected chi connectivity index (χ0v) is 14.9. The molecule has 0 aliphatic carbocycles. The van der Waals surface area contributed by atoms with E-state index in [9.17, 15) is 9.18 Å². The second kappa shape index (κ2) is 7.58. The number of amides is 1. The van der Waals surface area contributed by atoms with Crippen molar-refractivity contribution in [2.24, 2.45) is 0 Å². The molecule has 5 nitrogen and oxygen atoms in total. The highest BCUT2D eigenvalue weighted by atomic mass is 35.5. The lowest BCUT2D eigenvalue weighted by Gasteiger charge is -2.10. The van der Waals surface area contributed by atoms with Gasteiger partial charge in [-0.15, -0.1) is 0 Å². The zero-order chi connectivity index (χ0) is 18.7. The first kappa shape index (κ1) is 17.9. The minimum absolute atomic E-state index is 0.129. The smallest absolute Gasteiger partial charge is 0.255 e. The minimum Gasteiger partial charge on any atom is -0.489 e. The lowest BCUT2D eigenvalue weighted by atomic mass is 10.2. The molecule has 0 saturated heterocycles.